The van der Waals surface area contributed by atoms with Crippen LogP contribution in [-0.4, -0.2) is 17.4 Å². The minimum Gasteiger partial charge on any atom is -0.251 e. The van der Waals surface area contributed by atoms with Crippen molar-refractivity contribution in [1.29, 1.82) is 0 Å². The molecule has 0 aliphatic heterocycles. The van der Waals surface area contributed by atoms with Crippen molar-refractivity contribution < 1.29 is 21.6 Å². The van der Waals surface area contributed by atoms with E-state index >= 15 is 0 Å². The van der Waals surface area contributed by atoms with Crippen LogP contribution in [-0.2, 0) is 16.2 Å². The normalized spacial score (nSPS) is 12.7. The lowest BCUT2D eigenvalue weighted by atomic mass is 10.2. The van der Waals surface area contributed by atoms with E-state index in [1.807, 2.05) is 6.92 Å². The van der Waals surface area contributed by atoms with Crippen molar-refractivity contribution in [1.82, 2.24) is 8.96 Å². The lowest BCUT2D eigenvalue weighted by Crippen LogP contribution is -2.13. The molecule has 0 saturated carbocycles. The fraction of sp³-hybridized carbons (Fsp3) is 0.133. The minimum absolute atomic E-state index is 0.00627. The van der Waals surface area contributed by atoms with Gasteiger partial charge in [-0.05, 0) is 47.7 Å². The first-order valence-electron chi connectivity index (χ1n) is 6.67. The van der Waals surface area contributed by atoms with Crippen LogP contribution >= 0.6 is 22.6 Å². The van der Waals surface area contributed by atoms with Crippen molar-refractivity contribution in [2.75, 3.05) is 0 Å². The Morgan fingerprint density at radius 2 is 1.75 bits per heavy atom. The molecule has 0 radical (unpaired) electrons. The lowest BCUT2D eigenvalue weighted by Gasteiger charge is -2.10. The summed E-state index contributed by atoms with van der Waals surface area (Å²) in [7, 11) is -4.01. The van der Waals surface area contributed by atoms with Gasteiger partial charge in [0, 0.05) is 21.4 Å². The van der Waals surface area contributed by atoms with Gasteiger partial charge in [-0.2, -0.15) is 13.2 Å². The van der Waals surface area contributed by atoms with Crippen LogP contribution in [0, 0.1) is 10.5 Å². The highest BCUT2D eigenvalue weighted by Gasteiger charge is 2.36. The highest BCUT2D eigenvalue weighted by molar-refractivity contribution is 14.1. The largest absolute Gasteiger partial charge is 0.434 e. The Kier molecular flexibility index (Phi) is 4.11. The molecule has 2 aromatic heterocycles. The Morgan fingerprint density at radius 1 is 1.12 bits per heavy atom. The molecule has 3 rings (SSSR count). The standard InChI is InChI=1S/C15H10F3IN2O2S/c1-9-2-4-10(5-3-9)24(22,23)21-8-11(19)13-12(21)6-7-20-14(13)15(16,17)18/h2-8H,1H3. The number of hydrogen-bond acceptors (Lipinski definition) is 3. The van der Waals surface area contributed by atoms with Crippen LogP contribution in [0.2, 0.25) is 0 Å². The number of halogens is 4. The second kappa shape index (κ2) is 5.73. The van der Waals surface area contributed by atoms with Gasteiger partial charge in [-0.15, -0.1) is 0 Å². The van der Waals surface area contributed by atoms with E-state index in [0.29, 0.717) is 0 Å². The molecule has 0 aliphatic rings. The molecule has 24 heavy (non-hydrogen) atoms. The van der Waals surface area contributed by atoms with Gasteiger partial charge < -0.3 is 0 Å². The molecule has 3 aromatic rings. The molecule has 0 N–H and O–H groups in total. The third-order valence-electron chi connectivity index (χ3n) is 3.48. The zero-order valence-electron chi connectivity index (χ0n) is 12.2. The van der Waals surface area contributed by atoms with E-state index in [2.05, 4.69) is 4.98 Å². The van der Waals surface area contributed by atoms with E-state index in [1.54, 1.807) is 34.7 Å². The number of aromatic nitrogens is 2. The summed E-state index contributed by atoms with van der Waals surface area (Å²) >= 11 is 1.68. The van der Waals surface area contributed by atoms with E-state index in [1.165, 1.54) is 24.4 Å². The zero-order chi connectivity index (χ0) is 17.7. The van der Waals surface area contributed by atoms with Crippen LogP contribution in [0.5, 0.6) is 0 Å². The summed E-state index contributed by atoms with van der Waals surface area (Å²) in [5, 5.41) is -0.221. The van der Waals surface area contributed by atoms with Crippen molar-refractivity contribution in [3.05, 3.63) is 57.6 Å². The first-order valence-corrected chi connectivity index (χ1v) is 9.19. The van der Waals surface area contributed by atoms with E-state index in [4.69, 9.17) is 0 Å². The van der Waals surface area contributed by atoms with Crippen LogP contribution < -0.4 is 0 Å². The van der Waals surface area contributed by atoms with E-state index in [9.17, 15) is 21.6 Å². The Morgan fingerprint density at radius 3 is 2.33 bits per heavy atom. The summed E-state index contributed by atoms with van der Waals surface area (Å²) in [6, 6.07) is 7.38. The average molecular weight is 466 g/mol. The molecule has 0 amide bonds. The van der Waals surface area contributed by atoms with Gasteiger partial charge in [0.05, 0.1) is 10.4 Å². The molecule has 0 unspecified atom stereocenters. The minimum atomic E-state index is -4.67. The van der Waals surface area contributed by atoms with Crippen LogP contribution in [0.3, 0.4) is 0 Å². The molecule has 4 nitrogen and oxygen atoms in total. The fourth-order valence-electron chi connectivity index (χ4n) is 2.35. The number of hydrogen-bond donors (Lipinski definition) is 0. The maximum absolute atomic E-state index is 13.1. The molecule has 0 bridgehead atoms. The molecule has 9 heteroatoms. The van der Waals surface area contributed by atoms with Gasteiger partial charge in [0.1, 0.15) is 0 Å². The molecule has 0 fully saturated rings. The summed E-state index contributed by atoms with van der Waals surface area (Å²) in [6.07, 6.45) is -2.53. The second-order valence-electron chi connectivity index (χ2n) is 5.14. The molecule has 1 aromatic carbocycles. The molecular formula is C15H10F3IN2O2S. The maximum Gasteiger partial charge on any atom is 0.434 e. The first kappa shape index (κ1) is 17.2. The van der Waals surface area contributed by atoms with Gasteiger partial charge in [0.2, 0.25) is 0 Å². The number of benzene rings is 1. The van der Waals surface area contributed by atoms with Gasteiger partial charge in [-0.3, -0.25) is 4.98 Å². The maximum atomic E-state index is 13.1. The van der Waals surface area contributed by atoms with E-state index in [0.717, 1.165) is 15.7 Å². The topological polar surface area (TPSA) is 52.0 Å². The van der Waals surface area contributed by atoms with Crippen molar-refractivity contribution in [2.24, 2.45) is 0 Å². The first-order chi connectivity index (χ1) is 11.1. The van der Waals surface area contributed by atoms with Gasteiger partial charge in [-0.25, -0.2) is 12.4 Å². The van der Waals surface area contributed by atoms with Crippen molar-refractivity contribution in [3.63, 3.8) is 0 Å². The molecule has 2 heterocycles. The Labute approximate surface area is 149 Å². The SMILES string of the molecule is Cc1ccc(S(=O)(=O)n2cc(I)c3c(C(F)(F)F)nccc32)cc1. The molecule has 0 aliphatic carbocycles. The van der Waals surface area contributed by atoms with Gasteiger partial charge in [0.25, 0.3) is 10.0 Å². The number of alkyl halides is 3. The monoisotopic (exact) mass is 466 g/mol. The molecule has 0 atom stereocenters. The number of fused-ring (bicyclic) bond motifs is 1. The Bertz CT molecular complexity index is 1030. The van der Waals surface area contributed by atoms with Crippen LogP contribution in [0.25, 0.3) is 10.9 Å². The van der Waals surface area contributed by atoms with Gasteiger partial charge >= 0.3 is 6.18 Å². The number of nitrogens with zero attached hydrogens (tertiary/aromatic N) is 2. The lowest BCUT2D eigenvalue weighted by molar-refractivity contribution is -0.139. The Hall–Kier alpha value is -1.62. The van der Waals surface area contributed by atoms with E-state index < -0.39 is 21.9 Å². The van der Waals surface area contributed by atoms with Crippen molar-refractivity contribution in [3.8, 4) is 0 Å². The molecule has 0 spiro atoms. The molecule has 126 valence electrons. The third kappa shape index (κ3) is 2.79. The Balaban J connectivity index is 2.30. The molecular weight excluding hydrogens is 456 g/mol. The summed E-state index contributed by atoms with van der Waals surface area (Å²) in [5.41, 5.74) is -0.269. The highest BCUT2D eigenvalue weighted by atomic mass is 127. The number of rotatable bonds is 2. The van der Waals surface area contributed by atoms with Crippen LogP contribution in [0.1, 0.15) is 11.3 Å². The predicted octanol–water partition coefficient (Wildman–Crippen LogP) is 4.21. The third-order valence-corrected chi connectivity index (χ3v) is 5.99. The van der Waals surface area contributed by atoms with Crippen molar-refractivity contribution in [2.45, 2.75) is 18.0 Å². The highest BCUT2D eigenvalue weighted by Crippen LogP contribution is 2.37. The summed E-state index contributed by atoms with van der Waals surface area (Å²) in [6.45, 7) is 1.81. The predicted molar refractivity (Wildman–Crippen MR) is 91.2 cm³/mol. The summed E-state index contributed by atoms with van der Waals surface area (Å²) in [5.74, 6) is 0. The van der Waals surface area contributed by atoms with Gasteiger partial charge in [-0.1, -0.05) is 17.7 Å². The zero-order valence-corrected chi connectivity index (χ0v) is 15.1. The smallest absolute Gasteiger partial charge is 0.251 e. The molecule has 0 saturated heterocycles. The van der Waals surface area contributed by atoms with Gasteiger partial charge in [0.15, 0.2) is 5.69 Å². The quantitative estimate of drug-likeness (QED) is 0.532. The summed E-state index contributed by atoms with van der Waals surface area (Å²) in [4.78, 5) is 3.39. The number of aryl methyl sites for hydroxylation is 1. The summed E-state index contributed by atoms with van der Waals surface area (Å²) < 4.78 is 66.1. The second-order valence-corrected chi connectivity index (χ2v) is 8.12. The van der Waals surface area contributed by atoms with Crippen LogP contribution in [0.15, 0.2) is 47.6 Å². The van der Waals surface area contributed by atoms with E-state index in [-0.39, 0.29) is 19.4 Å². The van der Waals surface area contributed by atoms with Crippen LogP contribution in [0.4, 0.5) is 13.2 Å². The van der Waals surface area contributed by atoms with Crippen molar-refractivity contribution >= 4 is 43.5 Å². The number of pyridine rings is 1. The fourth-order valence-corrected chi connectivity index (χ4v) is 4.71. The average Bonchev–Trinajstić information content (AvgIpc) is 2.85.